The lowest BCUT2D eigenvalue weighted by Gasteiger charge is -2.05. The molecule has 17 heavy (non-hydrogen) atoms. The number of hydrogen-bond acceptors (Lipinski definition) is 4. The molecule has 0 aliphatic heterocycles. The van der Waals surface area contributed by atoms with E-state index in [9.17, 15) is 15.0 Å². The van der Waals surface area contributed by atoms with Crippen molar-refractivity contribution in [2.75, 3.05) is 5.32 Å². The molecule has 2 aromatic rings. The third-order valence-corrected chi connectivity index (χ3v) is 2.09. The number of aromatic nitrogens is 1. The Bertz CT molecular complexity index is 555. The largest absolute Gasteiger partial charge is 0.508 e. The van der Waals surface area contributed by atoms with Crippen LogP contribution in [0.1, 0.15) is 10.4 Å². The number of nitrogens with one attached hydrogen (secondary N) is 1. The molecular weight excluding hydrogens is 220 g/mol. The number of hydrogen-bond donors (Lipinski definition) is 3. The second-order valence-electron chi connectivity index (χ2n) is 3.44. The molecule has 0 atom stereocenters. The topological polar surface area (TPSA) is 82.5 Å². The number of rotatable bonds is 2. The minimum absolute atomic E-state index is 0.0665. The molecule has 0 fully saturated rings. The molecule has 0 spiro atoms. The van der Waals surface area contributed by atoms with Crippen molar-refractivity contribution in [1.82, 2.24) is 4.98 Å². The molecule has 0 saturated heterocycles. The lowest BCUT2D eigenvalue weighted by Crippen LogP contribution is -2.11. The molecule has 0 saturated carbocycles. The Morgan fingerprint density at radius 1 is 1.12 bits per heavy atom. The summed E-state index contributed by atoms with van der Waals surface area (Å²) in [6.07, 6.45) is 2.59. The second-order valence-corrected chi connectivity index (χ2v) is 3.44. The summed E-state index contributed by atoms with van der Waals surface area (Å²) in [5.41, 5.74) is 0.715. The highest BCUT2D eigenvalue weighted by Crippen LogP contribution is 2.17. The zero-order valence-electron chi connectivity index (χ0n) is 8.79. The van der Waals surface area contributed by atoms with Crippen LogP contribution >= 0.6 is 0 Å². The fourth-order valence-corrected chi connectivity index (χ4v) is 1.34. The fraction of sp³-hybridized carbons (Fsp3) is 0. The Kier molecular flexibility index (Phi) is 2.91. The molecule has 5 heteroatoms. The summed E-state index contributed by atoms with van der Waals surface area (Å²) in [6, 6.07) is 7.50. The molecular formula is C12H10N2O3. The van der Waals surface area contributed by atoms with Crippen molar-refractivity contribution in [3.05, 3.63) is 48.3 Å². The van der Waals surface area contributed by atoms with Crippen molar-refractivity contribution in [2.24, 2.45) is 0 Å². The Labute approximate surface area is 97.4 Å². The summed E-state index contributed by atoms with van der Waals surface area (Å²) >= 11 is 0. The fourth-order valence-electron chi connectivity index (χ4n) is 1.34. The summed E-state index contributed by atoms with van der Waals surface area (Å²) in [4.78, 5) is 15.4. The van der Waals surface area contributed by atoms with Crippen molar-refractivity contribution in [2.45, 2.75) is 0 Å². The van der Waals surface area contributed by atoms with Crippen LogP contribution in [0.2, 0.25) is 0 Å². The van der Waals surface area contributed by atoms with Crippen LogP contribution in [0.4, 0.5) is 5.69 Å². The molecule has 2 rings (SSSR count). The van der Waals surface area contributed by atoms with Gasteiger partial charge in [-0.05, 0) is 18.2 Å². The van der Waals surface area contributed by atoms with Crippen LogP contribution in [0.5, 0.6) is 11.5 Å². The first-order valence-electron chi connectivity index (χ1n) is 4.89. The first-order chi connectivity index (χ1) is 8.15. The summed E-state index contributed by atoms with van der Waals surface area (Å²) in [5.74, 6) is -0.413. The van der Waals surface area contributed by atoms with Crippen molar-refractivity contribution in [1.29, 1.82) is 0 Å². The predicted molar refractivity (Wildman–Crippen MR) is 62.0 cm³/mol. The number of carbonyl (C=O) groups is 1. The van der Waals surface area contributed by atoms with Gasteiger partial charge in [-0.1, -0.05) is 6.07 Å². The number of benzene rings is 1. The normalized spacial score (nSPS) is 9.88. The highest BCUT2D eigenvalue weighted by Gasteiger charge is 2.07. The van der Waals surface area contributed by atoms with E-state index < -0.39 is 5.91 Å². The predicted octanol–water partition coefficient (Wildman–Crippen LogP) is 1.75. The third kappa shape index (κ3) is 2.72. The van der Waals surface area contributed by atoms with Crippen molar-refractivity contribution in [3.63, 3.8) is 0 Å². The average Bonchev–Trinajstić information content (AvgIpc) is 2.29. The van der Waals surface area contributed by atoms with E-state index in [4.69, 9.17) is 0 Å². The molecule has 0 aliphatic carbocycles. The standard InChI is InChI=1S/C12H10N2O3/c15-10-3-1-2-9(5-10)14-12(17)8-4-11(16)7-13-6-8/h1-7,15-16H,(H,14,17). The minimum Gasteiger partial charge on any atom is -0.508 e. The van der Waals surface area contributed by atoms with Crippen LogP contribution in [0.3, 0.4) is 0 Å². The number of aromatic hydroxyl groups is 2. The molecule has 1 aromatic carbocycles. The molecule has 0 radical (unpaired) electrons. The van der Waals surface area contributed by atoms with Crippen molar-refractivity contribution < 1.29 is 15.0 Å². The number of nitrogens with zero attached hydrogens (tertiary/aromatic N) is 1. The lowest BCUT2D eigenvalue weighted by molar-refractivity contribution is 0.102. The molecule has 0 aliphatic rings. The van der Waals surface area contributed by atoms with Gasteiger partial charge in [0, 0.05) is 18.0 Å². The zero-order chi connectivity index (χ0) is 12.3. The van der Waals surface area contributed by atoms with Crippen molar-refractivity contribution >= 4 is 11.6 Å². The van der Waals surface area contributed by atoms with Gasteiger partial charge in [0.1, 0.15) is 11.5 Å². The van der Waals surface area contributed by atoms with Gasteiger partial charge in [0.25, 0.3) is 5.91 Å². The zero-order valence-corrected chi connectivity index (χ0v) is 8.79. The van der Waals surface area contributed by atoms with Crippen LogP contribution in [0.25, 0.3) is 0 Å². The first-order valence-corrected chi connectivity index (χ1v) is 4.89. The van der Waals surface area contributed by atoms with Crippen molar-refractivity contribution in [3.8, 4) is 11.5 Å². The van der Waals surface area contributed by atoms with Gasteiger partial charge in [0.05, 0.1) is 11.8 Å². The summed E-state index contributed by atoms with van der Waals surface area (Å²) in [7, 11) is 0. The molecule has 3 N–H and O–H groups in total. The lowest BCUT2D eigenvalue weighted by atomic mass is 10.2. The molecule has 86 valence electrons. The van der Waals surface area contributed by atoms with Gasteiger partial charge in [-0.25, -0.2) is 0 Å². The first kappa shape index (κ1) is 10.9. The second kappa shape index (κ2) is 4.52. The van der Waals surface area contributed by atoms with E-state index in [-0.39, 0.29) is 17.1 Å². The third-order valence-electron chi connectivity index (χ3n) is 2.09. The van der Waals surface area contributed by atoms with E-state index >= 15 is 0 Å². The van der Waals surface area contributed by atoms with E-state index in [0.717, 1.165) is 0 Å². The van der Waals surface area contributed by atoms with E-state index in [2.05, 4.69) is 10.3 Å². The summed E-state index contributed by atoms with van der Waals surface area (Å²) in [5, 5.41) is 21.0. The maximum absolute atomic E-state index is 11.7. The molecule has 0 unspecified atom stereocenters. The molecule has 5 nitrogen and oxygen atoms in total. The van der Waals surface area contributed by atoms with Gasteiger partial charge in [0.15, 0.2) is 0 Å². The van der Waals surface area contributed by atoms with E-state index in [1.807, 2.05) is 0 Å². The quantitative estimate of drug-likeness (QED) is 0.733. The van der Waals surface area contributed by atoms with E-state index in [0.29, 0.717) is 5.69 Å². The van der Waals surface area contributed by atoms with Crippen LogP contribution < -0.4 is 5.32 Å². The maximum atomic E-state index is 11.7. The smallest absolute Gasteiger partial charge is 0.257 e. The van der Waals surface area contributed by atoms with E-state index in [1.54, 1.807) is 12.1 Å². The molecule has 1 aromatic heterocycles. The Balaban J connectivity index is 2.17. The number of carbonyl (C=O) groups excluding carboxylic acids is 1. The number of anilines is 1. The van der Waals surface area contributed by atoms with Crippen LogP contribution in [-0.2, 0) is 0 Å². The average molecular weight is 230 g/mol. The van der Waals surface area contributed by atoms with Gasteiger partial charge in [-0.3, -0.25) is 9.78 Å². The molecule has 0 bridgehead atoms. The molecule has 1 heterocycles. The van der Waals surface area contributed by atoms with Gasteiger partial charge >= 0.3 is 0 Å². The number of phenols is 1. The highest BCUT2D eigenvalue weighted by atomic mass is 16.3. The number of amides is 1. The molecule has 1 amide bonds. The van der Waals surface area contributed by atoms with Gasteiger partial charge in [0.2, 0.25) is 0 Å². The van der Waals surface area contributed by atoms with Crippen LogP contribution in [-0.4, -0.2) is 21.1 Å². The maximum Gasteiger partial charge on any atom is 0.257 e. The van der Waals surface area contributed by atoms with Gasteiger partial charge in [-0.2, -0.15) is 0 Å². The van der Waals surface area contributed by atoms with Crippen LogP contribution in [0, 0.1) is 0 Å². The van der Waals surface area contributed by atoms with Gasteiger partial charge < -0.3 is 15.5 Å². The van der Waals surface area contributed by atoms with Crippen LogP contribution in [0.15, 0.2) is 42.7 Å². The van der Waals surface area contributed by atoms with Gasteiger partial charge in [-0.15, -0.1) is 0 Å². The van der Waals surface area contributed by atoms with E-state index in [1.165, 1.54) is 30.6 Å². The number of pyridine rings is 1. The summed E-state index contributed by atoms with van der Waals surface area (Å²) < 4.78 is 0. The number of phenolic OH excluding ortho intramolecular Hbond substituents is 1. The SMILES string of the molecule is O=C(Nc1cccc(O)c1)c1cncc(O)c1. The monoisotopic (exact) mass is 230 g/mol. The Morgan fingerprint density at radius 3 is 2.65 bits per heavy atom. The Morgan fingerprint density at radius 2 is 1.94 bits per heavy atom. The minimum atomic E-state index is -0.404. The Hall–Kier alpha value is -2.56. The summed E-state index contributed by atoms with van der Waals surface area (Å²) in [6.45, 7) is 0. The highest BCUT2D eigenvalue weighted by molar-refractivity contribution is 6.04.